The number of rotatable bonds is 11. The molecule has 0 atom stereocenters. The van der Waals surface area contributed by atoms with Crippen LogP contribution in [0, 0.1) is 0 Å². The molecular weight excluding hydrogens is 416 g/mol. The van der Waals surface area contributed by atoms with Crippen LogP contribution in [0.1, 0.15) is 24.4 Å². The first kappa shape index (κ1) is 20.8. The number of nitrogens with zero attached hydrogens (tertiary/aromatic N) is 3. The van der Waals surface area contributed by atoms with Gasteiger partial charge in [-0.2, -0.15) is 0 Å². The number of aryl methyl sites for hydroxylation is 1. The lowest BCUT2D eigenvalue weighted by Gasteiger charge is -2.08. The highest BCUT2D eigenvalue weighted by molar-refractivity contribution is 8.00. The van der Waals surface area contributed by atoms with Gasteiger partial charge in [-0.15, -0.1) is 22.0 Å². The van der Waals surface area contributed by atoms with Crippen LogP contribution in [0.3, 0.4) is 0 Å². The molecule has 0 aliphatic heterocycles. The van der Waals surface area contributed by atoms with E-state index in [1.165, 1.54) is 0 Å². The van der Waals surface area contributed by atoms with E-state index >= 15 is 0 Å². The summed E-state index contributed by atoms with van der Waals surface area (Å²) in [5, 5.41) is 10.2. The smallest absolute Gasteiger partial charge is 0.217 e. The van der Waals surface area contributed by atoms with Crippen molar-refractivity contribution in [1.29, 1.82) is 0 Å². The number of carbonyl (C=O) groups excluding carboxylic acids is 1. The Morgan fingerprint density at radius 1 is 1.14 bits per heavy atom. The third-order valence-electron chi connectivity index (χ3n) is 3.90. The molecule has 3 aromatic rings. The van der Waals surface area contributed by atoms with E-state index in [1.54, 1.807) is 29.8 Å². The Morgan fingerprint density at radius 2 is 1.96 bits per heavy atom. The monoisotopic (exact) mass is 436 g/mol. The molecule has 0 radical (unpaired) electrons. The van der Waals surface area contributed by atoms with Gasteiger partial charge in [-0.25, -0.2) is 0 Å². The molecule has 0 saturated heterocycles. The van der Waals surface area contributed by atoms with Gasteiger partial charge in [-0.05, 0) is 36.4 Å². The number of primary amides is 1. The van der Waals surface area contributed by atoms with Crippen molar-refractivity contribution in [2.75, 3.05) is 11.5 Å². The van der Waals surface area contributed by atoms with E-state index in [9.17, 15) is 4.79 Å². The lowest BCUT2D eigenvalue weighted by molar-refractivity contribution is -0.118. The molecule has 0 spiro atoms. The number of benzene rings is 1. The lowest BCUT2D eigenvalue weighted by atomic mass is 10.3. The summed E-state index contributed by atoms with van der Waals surface area (Å²) in [6.45, 7) is 0.533. The summed E-state index contributed by atoms with van der Waals surface area (Å²) in [4.78, 5) is 12.2. The number of carbonyl (C=O) groups is 1. The van der Waals surface area contributed by atoms with E-state index in [4.69, 9.17) is 21.8 Å². The highest BCUT2D eigenvalue weighted by atomic mass is 35.5. The average Bonchev–Trinajstić information content (AvgIpc) is 3.32. The van der Waals surface area contributed by atoms with Crippen LogP contribution < -0.4 is 5.73 Å². The molecule has 0 bridgehead atoms. The van der Waals surface area contributed by atoms with Gasteiger partial charge in [0, 0.05) is 23.5 Å². The number of nitrogens with two attached hydrogens (primary N) is 1. The second kappa shape index (κ2) is 10.6. The van der Waals surface area contributed by atoms with Crippen molar-refractivity contribution in [1.82, 2.24) is 14.8 Å². The molecule has 28 heavy (non-hydrogen) atoms. The van der Waals surface area contributed by atoms with E-state index in [-0.39, 0.29) is 12.3 Å². The first-order valence-electron chi connectivity index (χ1n) is 8.86. The van der Waals surface area contributed by atoms with Crippen molar-refractivity contribution >= 4 is 41.0 Å². The first-order chi connectivity index (χ1) is 13.6. The highest BCUT2D eigenvalue weighted by Gasteiger charge is 2.15. The van der Waals surface area contributed by atoms with Crippen LogP contribution in [0.4, 0.5) is 0 Å². The van der Waals surface area contributed by atoms with E-state index in [1.807, 2.05) is 41.0 Å². The number of hydrogen-bond acceptors (Lipinski definition) is 6. The number of amides is 1. The van der Waals surface area contributed by atoms with E-state index < -0.39 is 0 Å². The van der Waals surface area contributed by atoms with E-state index in [0.29, 0.717) is 13.0 Å². The van der Waals surface area contributed by atoms with Gasteiger partial charge in [0.05, 0.1) is 17.8 Å². The molecule has 0 fully saturated rings. The van der Waals surface area contributed by atoms with Crippen LogP contribution in [0.25, 0.3) is 0 Å². The van der Waals surface area contributed by atoms with Crippen LogP contribution in [-0.2, 0) is 17.8 Å². The fourth-order valence-electron chi connectivity index (χ4n) is 2.53. The quantitative estimate of drug-likeness (QED) is 0.357. The van der Waals surface area contributed by atoms with Gasteiger partial charge in [0.25, 0.3) is 0 Å². The van der Waals surface area contributed by atoms with Crippen molar-refractivity contribution < 1.29 is 9.21 Å². The van der Waals surface area contributed by atoms with Gasteiger partial charge in [0.1, 0.15) is 11.6 Å². The van der Waals surface area contributed by atoms with Crippen molar-refractivity contribution in [3.8, 4) is 0 Å². The zero-order chi connectivity index (χ0) is 19.8. The summed E-state index contributed by atoms with van der Waals surface area (Å²) < 4.78 is 7.45. The maximum absolute atomic E-state index is 11.1. The van der Waals surface area contributed by atoms with Crippen molar-refractivity contribution in [2.24, 2.45) is 5.73 Å². The molecule has 6 nitrogen and oxygen atoms in total. The van der Waals surface area contributed by atoms with Crippen LogP contribution in [0.15, 0.2) is 57.1 Å². The van der Waals surface area contributed by atoms with E-state index in [2.05, 4.69) is 10.2 Å². The number of halogens is 1. The molecule has 1 aromatic carbocycles. The second-order valence-electron chi connectivity index (χ2n) is 6.01. The SMILES string of the molecule is NC(=O)CCc1nnc(SCCCSc2ccccc2Cl)n1Cc1ccco1. The number of furan rings is 1. The van der Waals surface area contributed by atoms with Crippen molar-refractivity contribution in [3.05, 3.63) is 59.3 Å². The molecule has 0 unspecified atom stereocenters. The van der Waals surface area contributed by atoms with Gasteiger partial charge in [-0.3, -0.25) is 9.36 Å². The second-order valence-corrected chi connectivity index (χ2v) is 8.62. The molecule has 2 N–H and O–H groups in total. The number of hydrogen-bond donors (Lipinski definition) is 1. The van der Waals surface area contributed by atoms with Gasteiger partial charge >= 0.3 is 0 Å². The molecule has 0 aliphatic carbocycles. The van der Waals surface area contributed by atoms with Gasteiger partial charge in [-0.1, -0.05) is 35.5 Å². The minimum Gasteiger partial charge on any atom is -0.467 e. The Kier molecular flexibility index (Phi) is 7.88. The number of aromatic nitrogens is 3. The summed E-state index contributed by atoms with van der Waals surface area (Å²) in [5.41, 5.74) is 5.27. The summed E-state index contributed by atoms with van der Waals surface area (Å²) in [5.74, 6) is 3.08. The Bertz CT molecular complexity index is 899. The summed E-state index contributed by atoms with van der Waals surface area (Å²) in [6.07, 6.45) is 3.35. The predicted molar refractivity (Wildman–Crippen MR) is 113 cm³/mol. The Morgan fingerprint density at radius 3 is 2.71 bits per heavy atom. The van der Waals surface area contributed by atoms with Gasteiger partial charge in [0.2, 0.25) is 5.91 Å². The summed E-state index contributed by atoms with van der Waals surface area (Å²) >= 11 is 9.59. The molecule has 0 aliphatic rings. The summed E-state index contributed by atoms with van der Waals surface area (Å²) in [6, 6.07) is 11.6. The molecule has 9 heteroatoms. The topological polar surface area (TPSA) is 86.9 Å². The lowest BCUT2D eigenvalue weighted by Crippen LogP contribution is -2.14. The van der Waals surface area contributed by atoms with Gasteiger partial charge in [0.15, 0.2) is 5.16 Å². The molecular formula is C19H21ClN4O2S2. The zero-order valence-electron chi connectivity index (χ0n) is 15.2. The zero-order valence-corrected chi connectivity index (χ0v) is 17.6. The van der Waals surface area contributed by atoms with Crippen molar-refractivity contribution in [2.45, 2.75) is 35.9 Å². The van der Waals surface area contributed by atoms with Crippen LogP contribution in [0.5, 0.6) is 0 Å². The standard InChI is InChI=1S/C19H21ClN4O2S2/c20-15-6-1-2-7-16(15)27-11-4-12-28-19-23-22-18(9-8-17(21)25)24(19)13-14-5-3-10-26-14/h1-3,5-7,10H,4,8-9,11-13H2,(H2,21,25). The maximum atomic E-state index is 11.1. The van der Waals surface area contributed by atoms with Crippen LogP contribution in [-0.4, -0.2) is 32.2 Å². The molecule has 3 rings (SSSR count). The summed E-state index contributed by atoms with van der Waals surface area (Å²) in [7, 11) is 0. The van der Waals surface area contributed by atoms with E-state index in [0.717, 1.165) is 44.6 Å². The minimum atomic E-state index is -0.349. The molecule has 2 aromatic heterocycles. The minimum absolute atomic E-state index is 0.245. The molecule has 2 heterocycles. The van der Waals surface area contributed by atoms with Gasteiger partial charge < -0.3 is 10.2 Å². The first-order valence-corrected chi connectivity index (χ1v) is 11.2. The maximum Gasteiger partial charge on any atom is 0.217 e. The number of thioether (sulfide) groups is 2. The predicted octanol–water partition coefficient (Wildman–Crippen LogP) is 4.27. The normalized spacial score (nSPS) is 11.0. The molecule has 1 amide bonds. The Hall–Kier alpha value is -1.90. The Labute approximate surface area is 177 Å². The van der Waals surface area contributed by atoms with Crippen LogP contribution in [0.2, 0.25) is 5.02 Å². The third kappa shape index (κ3) is 6.05. The van der Waals surface area contributed by atoms with Crippen molar-refractivity contribution in [3.63, 3.8) is 0 Å². The largest absolute Gasteiger partial charge is 0.467 e. The average molecular weight is 437 g/mol. The fraction of sp³-hybridized carbons (Fsp3) is 0.316. The molecule has 148 valence electrons. The fourth-order valence-corrected chi connectivity index (χ4v) is 4.80. The Balaban J connectivity index is 1.56. The third-order valence-corrected chi connectivity index (χ3v) is 6.55. The highest BCUT2D eigenvalue weighted by Crippen LogP contribution is 2.28. The molecule has 0 saturated carbocycles. The van der Waals surface area contributed by atoms with Crippen LogP contribution >= 0.6 is 35.1 Å².